The average molecular weight is 781 g/mol. The number of thiol groups is 1. The Morgan fingerprint density at radius 1 is 0.717 bits per heavy atom. The average Bonchev–Trinajstić information content (AvgIpc) is 2.95. The molecule has 0 amide bonds. The molecule has 0 aliphatic heterocycles. The van der Waals surface area contributed by atoms with E-state index in [9.17, 15) is 38.7 Å². The van der Waals surface area contributed by atoms with Crippen LogP contribution in [0.3, 0.4) is 0 Å². The molecule has 4 rings (SSSR count). The van der Waals surface area contributed by atoms with Gasteiger partial charge in [-0.3, -0.25) is 0 Å². The summed E-state index contributed by atoms with van der Waals surface area (Å²) < 4.78 is 99.4. The highest BCUT2D eigenvalue weighted by molar-refractivity contribution is 8.37. The van der Waals surface area contributed by atoms with Crippen molar-refractivity contribution in [3.63, 3.8) is 0 Å². The molecule has 0 aromatic heterocycles. The van der Waals surface area contributed by atoms with Crippen molar-refractivity contribution in [1.29, 1.82) is 0 Å². The van der Waals surface area contributed by atoms with Gasteiger partial charge >= 0.3 is 0 Å². The first-order valence-corrected chi connectivity index (χ1v) is 19.6. The molecule has 0 radical (unpaired) electrons. The summed E-state index contributed by atoms with van der Waals surface area (Å²) in [4.78, 5) is -2.10. The van der Waals surface area contributed by atoms with Crippen molar-refractivity contribution < 1.29 is 38.7 Å². The van der Waals surface area contributed by atoms with Gasteiger partial charge in [0.05, 0.1) is 20.4 Å². The summed E-state index contributed by atoms with van der Waals surface area (Å²) in [5.74, 6) is -1.50. The number of sulfonamides is 2. The number of rotatable bonds is 11. The molecule has 4 aromatic rings. The van der Waals surface area contributed by atoms with Crippen LogP contribution >= 0.6 is 56.7 Å². The van der Waals surface area contributed by atoms with Crippen LogP contribution in [0.2, 0.25) is 20.1 Å². The Morgan fingerprint density at radius 2 is 1.20 bits per heavy atom. The predicted octanol–water partition coefficient (Wildman–Crippen LogP) is 8.30. The van der Waals surface area contributed by atoms with Crippen LogP contribution < -0.4 is 4.72 Å². The molecule has 0 saturated heterocycles. The van der Waals surface area contributed by atoms with Crippen LogP contribution in [0.5, 0.6) is 11.5 Å². The molecule has 8 nitrogen and oxygen atoms in total. The molecule has 18 heteroatoms. The maximum Gasteiger partial charge on any atom is 0.247 e. The standard InChI is InChI=1S/C28H25Cl4F3N2O6S3/c1-46(33,34,35)22-7-3-6-19(9-22)16-37(45(42,43)26-13-21(30)11-24(32)28(26)39)15-18-5-2-4-17(8-18)14-36-44(40,41)25-12-20(29)10-23(31)27(25)38/h2-13,36,38-39,46H,14-16H2,1H3. The second kappa shape index (κ2) is 13.2. The van der Waals surface area contributed by atoms with Crippen molar-refractivity contribution in [2.45, 2.75) is 34.3 Å². The van der Waals surface area contributed by atoms with Gasteiger partial charge in [0.15, 0.2) is 11.5 Å². The van der Waals surface area contributed by atoms with E-state index in [0.717, 1.165) is 34.6 Å². The fourth-order valence-corrected chi connectivity index (χ4v) is 9.08. The Balaban J connectivity index is 1.69. The van der Waals surface area contributed by atoms with Crippen molar-refractivity contribution in [1.82, 2.24) is 9.03 Å². The fourth-order valence-electron chi connectivity index (χ4n) is 4.30. The maximum atomic E-state index is 14.2. The van der Waals surface area contributed by atoms with Crippen molar-refractivity contribution in [3.8, 4) is 11.5 Å². The van der Waals surface area contributed by atoms with E-state index in [-0.39, 0.29) is 38.5 Å². The summed E-state index contributed by atoms with van der Waals surface area (Å²) in [5, 5.41) is 19.9. The van der Waals surface area contributed by atoms with Gasteiger partial charge in [-0.05, 0) is 53.1 Å². The molecule has 0 bridgehead atoms. The lowest BCUT2D eigenvalue weighted by atomic mass is 10.1. The van der Waals surface area contributed by atoms with Gasteiger partial charge in [-0.2, -0.15) is 16.0 Å². The summed E-state index contributed by atoms with van der Waals surface area (Å²) in [6.45, 7) is -1.28. The number of hydrogen-bond acceptors (Lipinski definition) is 6. The van der Waals surface area contributed by atoms with Crippen molar-refractivity contribution in [2.24, 2.45) is 0 Å². The lowest BCUT2D eigenvalue weighted by Gasteiger charge is -2.34. The molecule has 0 fully saturated rings. The molecule has 0 aliphatic carbocycles. The number of hydrogen-bond donors (Lipinski definition) is 4. The van der Waals surface area contributed by atoms with Gasteiger partial charge in [0.25, 0.3) is 0 Å². The topological polar surface area (TPSA) is 124 Å². The minimum atomic E-state index is -6.70. The third-order valence-electron chi connectivity index (χ3n) is 6.53. The lowest BCUT2D eigenvalue weighted by molar-refractivity contribution is 0.394. The summed E-state index contributed by atoms with van der Waals surface area (Å²) in [5.41, 5.74) is 0.688. The first kappa shape index (κ1) is 36.4. The number of phenols is 2. The number of phenolic OH excluding ortho intramolecular Hbond substituents is 2. The van der Waals surface area contributed by atoms with E-state index in [2.05, 4.69) is 4.72 Å². The number of halogens is 7. The van der Waals surface area contributed by atoms with E-state index < -0.39 is 69.6 Å². The molecule has 0 spiro atoms. The van der Waals surface area contributed by atoms with Gasteiger partial charge in [-0.25, -0.2) is 21.6 Å². The highest BCUT2D eigenvalue weighted by atomic mass is 35.5. The second-order valence-electron chi connectivity index (χ2n) is 10.2. The Morgan fingerprint density at radius 3 is 1.76 bits per heavy atom. The quantitative estimate of drug-likeness (QED) is 0.114. The Hall–Kier alpha value is -2.40. The van der Waals surface area contributed by atoms with Gasteiger partial charge in [-0.15, -0.1) is 0 Å². The van der Waals surface area contributed by atoms with E-state index in [1.165, 1.54) is 42.5 Å². The van der Waals surface area contributed by atoms with E-state index in [1.54, 1.807) is 0 Å². The van der Waals surface area contributed by atoms with Crippen LogP contribution in [0.25, 0.3) is 0 Å². The zero-order valence-corrected chi connectivity index (χ0v) is 29.0. The third kappa shape index (κ3) is 8.54. The molecule has 3 N–H and O–H groups in total. The molecular formula is C28H25Cl4F3N2O6S3. The van der Waals surface area contributed by atoms with E-state index in [1.807, 2.05) is 0 Å². The summed E-state index contributed by atoms with van der Waals surface area (Å²) in [7, 11) is -15.7. The second-order valence-corrected chi connectivity index (χ2v) is 18.4. The highest BCUT2D eigenvalue weighted by Gasteiger charge is 2.35. The van der Waals surface area contributed by atoms with Crippen LogP contribution in [-0.2, 0) is 39.7 Å². The number of nitrogens with zero attached hydrogens (tertiary/aromatic N) is 1. The Bertz CT molecular complexity index is 2040. The van der Waals surface area contributed by atoms with E-state index in [0.29, 0.717) is 11.1 Å². The molecule has 4 aromatic carbocycles. The molecule has 250 valence electrons. The first-order chi connectivity index (χ1) is 21.1. The minimum Gasteiger partial charge on any atom is -0.505 e. The van der Waals surface area contributed by atoms with Crippen molar-refractivity contribution in [3.05, 3.63) is 110 Å². The van der Waals surface area contributed by atoms with Gasteiger partial charge < -0.3 is 10.2 Å². The van der Waals surface area contributed by atoms with Crippen LogP contribution in [0.4, 0.5) is 11.7 Å². The first-order valence-electron chi connectivity index (χ1n) is 12.8. The third-order valence-corrected chi connectivity index (χ3v) is 12.1. The van der Waals surface area contributed by atoms with Gasteiger partial charge in [0, 0.05) is 40.8 Å². The molecule has 0 saturated carbocycles. The zero-order valence-electron chi connectivity index (χ0n) is 23.4. The van der Waals surface area contributed by atoms with E-state index >= 15 is 0 Å². The fraction of sp³-hybridized carbons (Fsp3) is 0.143. The Kier molecular flexibility index (Phi) is 10.5. The summed E-state index contributed by atoms with van der Waals surface area (Å²) in [6, 6.07) is 14.6. The van der Waals surface area contributed by atoms with Gasteiger partial charge in [-0.1, -0.05) is 82.8 Å². The number of benzene rings is 4. The molecule has 0 atom stereocenters. The molecular weight excluding hydrogens is 755 g/mol. The molecule has 0 heterocycles. The molecule has 0 unspecified atom stereocenters. The molecule has 0 aliphatic rings. The highest BCUT2D eigenvalue weighted by Crippen LogP contribution is 2.77. The minimum absolute atomic E-state index is 0.0152. The van der Waals surface area contributed by atoms with Gasteiger partial charge in [0.1, 0.15) is 9.79 Å². The lowest BCUT2D eigenvalue weighted by Crippen LogP contribution is -2.30. The Labute approximate surface area is 284 Å². The van der Waals surface area contributed by atoms with Crippen LogP contribution in [0, 0.1) is 0 Å². The summed E-state index contributed by atoms with van der Waals surface area (Å²) in [6.07, 6.45) is 0.202. The van der Waals surface area contributed by atoms with E-state index in [4.69, 9.17) is 46.4 Å². The van der Waals surface area contributed by atoms with Crippen LogP contribution in [0.1, 0.15) is 16.7 Å². The maximum absolute atomic E-state index is 14.2. The van der Waals surface area contributed by atoms with Gasteiger partial charge in [0.2, 0.25) is 20.0 Å². The predicted molar refractivity (Wildman–Crippen MR) is 176 cm³/mol. The monoisotopic (exact) mass is 778 g/mol. The SMILES string of the molecule is C[SH](F)(F)(F)c1cccc(CN(Cc2cccc(CNS(=O)(=O)c3cc(Cl)cc(Cl)c3O)c2)S(=O)(=O)c2cc(Cl)cc(Cl)c2O)c1. The smallest absolute Gasteiger partial charge is 0.247 e. The summed E-state index contributed by atoms with van der Waals surface area (Å²) >= 11 is 23.7. The van der Waals surface area contributed by atoms with Crippen molar-refractivity contribution >= 4 is 76.8 Å². The normalized spacial score (nSPS) is 13.5. The number of aromatic hydroxyl groups is 2. The largest absolute Gasteiger partial charge is 0.505 e. The molecule has 46 heavy (non-hydrogen) atoms. The zero-order chi connectivity index (χ0) is 34.3. The number of nitrogens with one attached hydrogen (secondary N) is 1. The van der Waals surface area contributed by atoms with Crippen molar-refractivity contribution in [2.75, 3.05) is 6.26 Å². The van der Waals surface area contributed by atoms with Crippen LogP contribution in [-0.4, -0.2) is 37.6 Å². The van der Waals surface area contributed by atoms with Crippen LogP contribution in [0.15, 0.2) is 87.5 Å².